The van der Waals surface area contributed by atoms with Crippen molar-refractivity contribution in [3.63, 3.8) is 0 Å². The van der Waals surface area contributed by atoms with Crippen LogP contribution in [-0.4, -0.2) is 29.7 Å². The quantitative estimate of drug-likeness (QED) is 0.650. The summed E-state index contributed by atoms with van der Waals surface area (Å²) in [5, 5.41) is 0. The summed E-state index contributed by atoms with van der Waals surface area (Å²) in [4.78, 5) is 25.5. The largest absolute Gasteiger partial charge is 0.338 e. The van der Waals surface area contributed by atoms with Crippen molar-refractivity contribution in [2.24, 2.45) is 5.41 Å². The summed E-state index contributed by atoms with van der Waals surface area (Å²) < 4.78 is 0. The van der Waals surface area contributed by atoms with Gasteiger partial charge in [0.1, 0.15) is 5.78 Å². The summed E-state index contributed by atoms with van der Waals surface area (Å²) in [6, 6.07) is -0.0128. The zero-order chi connectivity index (χ0) is 12.8. The lowest BCUT2D eigenvalue weighted by atomic mass is 9.64. The summed E-state index contributed by atoms with van der Waals surface area (Å²) in [5.74, 6) is 0.157. The molecule has 2 atom stereocenters. The monoisotopic (exact) mass is 233 g/mol. The predicted octanol–water partition coefficient (Wildman–Crippen LogP) is 2.09. The molecule has 2 aliphatic rings. The van der Waals surface area contributed by atoms with Crippen molar-refractivity contribution >= 4 is 11.7 Å². The van der Waals surface area contributed by atoms with E-state index in [-0.39, 0.29) is 17.7 Å². The lowest BCUT2D eigenvalue weighted by Crippen LogP contribution is -2.55. The zero-order valence-corrected chi connectivity index (χ0v) is 10.9. The maximum atomic E-state index is 12.0. The molecule has 3 heteroatoms. The molecule has 3 nitrogen and oxygen atoms in total. The van der Waals surface area contributed by atoms with Crippen molar-refractivity contribution in [2.75, 3.05) is 7.05 Å². The fourth-order valence-corrected chi connectivity index (χ4v) is 2.97. The van der Waals surface area contributed by atoms with Crippen LogP contribution in [0.5, 0.6) is 0 Å². The molecule has 1 amide bonds. The maximum Gasteiger partial charge on any atom is 0.246 e. The molecule has 0 radical (unpaired) electrons. The van der Waals surface area contributed by atoms with Crippen LogP contribution in [-0.2, 0) is 9.59 Å². The summed E-state index contributed by atoms with van der Waals surface area (Å²) in [7, 11) is 1.79. The minimum atomic E-state index is -0.494. The molecular weight excluding hydrogens is 214 g/mol. The van der Waals surface area contributed by atoms with E-state index >= 15 is 0 Å². The van der Waals surface area contributed by atoms with Crippen molar-refractivity contribution in [3.8, 4) is 0 Å². The predicted molar refractivity (Wildman–Crippen MR) is 66.4 cm³/mol. The maximum absolute atomic E-state index is 12.0. The van der Waals surface area contributed by atoms with E-state index in [1.165, 1.54) is 11.1 Å². The first kappa shape index (κ1) is 12.1. The van der Waals surface area contributed by atoms with E-state index in [9.17, 15) is 9.59 Å². The highest BCUT2D eigenvalue weighted by atomic mass is 16.2. The first-order valence-corrected chi connectivity index (χ1v) is 6.01. The first-order valence-electron chi connectivity index (χ1n) is 6.01. The number of allylic oxidation sites excluding steroid dienone is 1. The Bertz CT molecular complexity index is 447. The normalized spacial score (nSPS) is 32.8. The first-order chi connectivity index (χ1) is 7.88. The van der Waals surface area contributed by atoms with Crippen LogP contribution in [0.2, 0.25) is 0 Å². The number of nitrogens with zero attached hydrogens (tertiary/aromatic N) is 1. The SMILES string of the molecule is CC(=O)[C@@]12C=CC(=O)N(C)[C@@H]1CC(C)=C(C)C2. The van der Waals surface area contributed by atoms with E-state index in [0.29, 0.717) is 0 Å². The number of fused-ring (bicyclic) bond motifs is 1. The average Bonchev–Trinajstić information content (AvgIpc) is 2.27. The van der Waals surface area contributed by atoms with Gasteiger partial charge in [-0.05, 0) is 33.6 Å². The Hall–Kier alpha value is -1.38. The molecule has 0 aromatic rings. The van der Waals surface area contributed by atoms with Crippen LogP contribution in [0.4, 0.5) is 0 Å². The molecule has 92 valence electrons. The molecule has 1 aliphatic heterocycles. The molecule has 0 saturated carbocycles. The standard InChI is InChI=1S/C14H19NO2/c1-9-7-12-14(11(3)16,8-10(9)2)6-5-13(17)15(12)4/h5-6,12H,7-8H2,1-4H3/t12-,14+/m1/s1. The average molecular weight is 233 g/mol. The zero-order valence-electron chi connectivity index (χ0n) is 10.9. The molecule has 0 N–H and O–H groups in total. The van der Waals surface area contributed by atoms with Gasteiger partial charge in [0.15, 0.2) is 0 Å². The second kappa shape index (κ2) is 3.83. The summed E-state index contributed by atoms with van der Waals surface area (Å²) in [6.07, 6.45) is 4.93. The van der Waals surface area contributed by atoms with Gasteiger partial charge in [-0.25, -0.2) is 0 Å². The summed E-state index contributed by atoms with van der Waals surface area (Å²) in [6.45, 7) is 5.81. The Labute approximate surface area is 102 Å². The number of hydrogen-bond donors (Lipinski definition) is 0. The minimum absolute atomic E-state index is 0.000715. The molecule has 0 saturated heterocycles. The highest BCUT2D eigenvalue weighted by molar-refractivity contribution is 5.95. The van der Waals surface area contributed by atoms with Gasteiger partial charge in [0.25, 0.3) is 0 Å². The number of hydrogen-bond acceptors (Lipinski definition) is 2. The third-order valence-electron chi connectivity index (χ3n) is 4.37. The highest BCUT2D eigenvalue weighted by Gasteiger charge is 2.48. The molecule has 0 spiro atoms. The number of Topliss-reactive ketones (excluding diaryl/α,β-unsaturated/α-hetero) is 1. The number of carbonyl (C=O) groups excluding carboxylic acids is 2. The fraction of sp³-hybridized carbons (Fsp3) is 0.571. The van der Waals surface area contributed by atoms with E-state index < -0.39 is 5.41 Å². The van der Waals surface area contributed by atoms with Crippen molar-refractivity contribution < 1.29 is 9.59 Å². The number of ketones is 1. The lowest BCUT2D eigenvalue weighted by molar-refractivity contribution is -0.136. The molecule has 17 heavy (non-hydrogen) atoms. The van der Waals surface area contributed by atoms with E-state index in [4.69, 9.17) is 0 Å². The molecule has 1 aliphatic carbocycles. The van der Waals surface area contributed by atoms with Gasteiger partial charge >= 0.3 is 0 Å². The lowest BCUT2D eigenvalue weighted by Gasteiger charge is -2.47. The Morgan fingerprint density at radius 3 is 2.65 bits per heavy atom. The van der Waals surface area contributed by atoms with Gasteiger partial charge in [0.05, 0.1) is 11.5 Å². The van der Waals surface area contributed by atoms with Gasteiger partial charge in [-0.3, -0.25) is 9.59 Å². The van der Waals surface area contributed by atoms with Crippen molar-refractivity contribution in [1.29, 1.82) is 0 Å². The smallest absolute Gasteiger partial charge is 0.246 e. The Morgan fingerprint density at radius 2 is 2.06 bits per heavy atom. The van der Waals surface area contributed by atoms with Gasteiger partial charge in [-0.15, -0.1) is 0 Å². The summed E-state index contributed by atoms with van der Waals surface area (Å²) in [5.41, 5.74) is 2.09. The fourth-order valence-electron chi connectivity index (χ4n) is 2.97. The molecule has 0 fully saturated rings. The van der Waals surface area contributed by atoms with E-state index in [0.717, 1.165) is 12.8 Å². The van der Waals surface area contributed by atoms with Gasteiger partial charge in [0, 0.05) is 13.1 Å². The number of likely N-dealkylation sites (N-methyl/N-ethyl adjacent to an activating group) is 1. The Kier molecular flexibility index (Phi) is 2.72. The van der Waals surface area contributed by atoms with Crippen molar-refractivity contribution in [2.45, 2.75) is 39.7 Å². The number of rotatable bonds is 1. The molecular formula is C14H19NO2. The minimum Gasteiger partial charge on any atom is -0.338 e. The summed E-state index contributed by atoms with van der Waals surface area (Å²) >= 11 is 0. The van der Waals surface area contributed by atoms with E-state index in [2.05, 4.69) is 13.8 Å². The highest BCUT2D eigenvalue weighted by Crippen LogP contribution is 2.45. The third kappa shape index (κ3) is 1.65. The van der Waals surface area contributed by atoms with Gasteiger partial charge in [-0.2, -0.15) is 0 Å². The van der Waals surface area contributed by atoms with Crippen molar-refractivity contribution in [3.05, 3.63) is 23.3 Å². The van der Waals surface area contributed by atoms with Crippen LogP contribution in [0.3, 0.4) is 0 Å². The van der Waals surface area contributed by atoms with E-state index in [1.54, 1.807) is 24.9 Å². The Balaban J connectivity index is 2.53. The second-order valence-electron chi connectivity index (χ2n) is 5.34. The van der Waals surface area contributed by atoms with Crippen LogP contribution in [0.15, 0.2) is 23.3 Å². The second-order valence-corrected chi connectivity index (χ2v) is 5.34. The number of amides is 1. The van der Waals surface area contributed by atoms with Crippen LogP contribution in [0.1, 0.15) is 33.6 Å². The van der Waals surface area contributed by atoms with Crippen LogP contribution >= 0.6 is 0 Å². The number of carbonyl (C=O) groups is 2. The molecule has 0 unspecified atom stereocenters. The van der Waals surface area contributed by atoms with Crippen LogP contribution in [0.25, 0.3) is 0 Å². The molecule has 0 aromatic heterocycles. The topological polar surface area (TPSA) is 37.4 Å². The molecule has 0 aromatic carbocycles. The van der Waals surface area contributed by atoms with Gasteiger partial charge < -0.3 is 4.90 Å². The Morgan fingerprint density at radius 1 is 1.41 bits per heavy atom. The molecule has 1 heterocycles. The van der Waals surface area contributed by atoms with E-state index in [1.807, 2.05) is 6.08 Å². The van der Waals surface area contributed by atoms with Crippen LogP contribution < -0.4 is 0 Å². The molecule has 0 bridgehead atoms. The van der Waals surface area contributed by atoms with Crippen LogP contribution in [0, 0.1) is 5.41 Å². The van der Waals surface area contributed by atoms with Gasteiger partial charge in [-0.1, -0.05) is 17.2 Å². The van der Waals surface area contributed by atoms with Crippen molar-refractivity contribution in [1.82, 2.24) is 4.90 Å². The third-order valence-corrected chi connectivity index (χ3v) is 4.37. The molecule has 2 rings (SSSR count). The van der Waals surface area contributed by atoms with Gasteiger partial charge in [0.2, 0.25) is 5.91 Å².